The van der Waals surface area contributed by atoms with Crippen LogP contribution in [-0.4, -0.2) is 19.2 Å². The molecule has 0 bridgehead atoms. The lowest BCUT2D eigenvalue weighted by Crippen LogP contribution is -2.04. The summed E-state index contributed by atoms with van der Waals surface area (Å²) in [7, 11) is 3.19. The zero-order valence-corrected chi connectivity index (χ0v) is 11.5. The van der Waals surface area contributed by atoms with E-state index < -0.39 is 0 Å². The van der Waals surface area contributed by atoms with Gasteiger partial charge in [0.25, 0.3) is 0 Å². The number of aromatic nitrogens is 1. The molecular formula is C16H16N2O2. The van der Waals surface area contributed by atoms with Crippen LogP contribution in [0.2, 0.25) is 0 Å². The molecule has 102 valence electrons. The van der Waals surface area contributed by atoms with E-state index in [4.69, 9.17) is 9.47 Å². The minimum absolute atomic E-state index is 0.300. The van der Waals surface area contributed by atoms with Crippen LogP contribution in [0, 0.1) is 11.3 Å². The van der Waals surface area contributed by atoms with Crippen LogP contribution in [0.4, 0.5) is 0 Å². The van der Waals surface area contributed by atoms with Gasteiger partial charge in [-0.25, -0.2) is 0 Å². The monoisotopic (exact) mass is 268 g/mol. The molecule has 0 aliphatic rings. The summed E-state index contributed by atoms with van der Waals surface area (Å²) in [6, 6.07) is 13.5. The lowest BCUT2D eigenvalue weighted by molar-refractivity contribution is 0.390. The average Bonchev–Trinajstić information content (AvgIpc) is 2.53. The maximum atomic E-state index is 9.42. The topological polar surface area (TPSA) is 55.1 Å². The molecule has 0 N–H and O–H groups in total. The smallest absolute Gasteiger partial charge is 0.127 e. The van der Waals surface area contributed by atoms with Gasteiger partial charge in [0, 0.05) is 29.9 Å². The predicted molar refractivity (Wildman–Crippen MR) is 75.8 cm³/mol. The van der Waals surface area contributed by atoms with Crippen LogP contribution in [-0.2, 0) is 6.42 Å². The fourth-order valence-corrected chi connectivity index (χ4v) is 2.06. The molecule has 2 aromatic rings. The first kappa shape index (κ1) is 13.9. The highest BCUT2D eigenvalue weighted by Gasteiger charge is 2.17. The third-order valence-electron chi connectivity index (χ3n) is 3.11. The number of rotatable bonds is 5. The Morgan fingerprint density at radius 1 is 1.20 bits per heavy atom. The van der Waals surface area contributed by atoms with Gasteiger partial charge in [-0.05, 0) is 18.2 Å². The van der Waals surface area contributed by atoms with Crippen molar-refractivity contribution in [3.05, 3.63) is 53.9 Å². The minimum Gasteiger partial charge on any atom is -0.497 e. The number of hydrogen-bond donors (Lipinski definition) is 0. The molecule has 1 atom stereocenters. The van der Waals surface area contributed by atoms with E-state index >= 15 is 0 Å². The van der Waals surface area contributed by atoms with Crippen LogP contribution >= 0.6 is 0 Å². The average molecular weight is 268 g/mol. The van der Waals surface area contributed by atoms with Crippen LogP contribution < -0.4 is 9.47 Å². The van der Waals surface area contributed by atoms with Gasteiger partial charge in [0.05, 0.1) is 26.2 Å². The fourth-order valence-electron chi connectivity index (χ4n) is 2.06. The number of methoxy groups -OCH3 is 2. The number of hydrogen-bond acceptors (Lipinski definition) is 4. The van der Waals surface area contributed by atoms with Crippen LogP contribution in [0.1, 0.15) is 17.2 Å². The van der Waals surface area contributed by atoms with E-state index in [9.17, 15) is 5.26 Å². The second kappa shape index (κ2) is 6.58. The molecule has 0 amide bonds. The maximum Gasteiger partial charge on any atom is 0.127 e. The third kappa shape index (κ3) is 3.07. The quantitative estimate of drug-likeness (QED) is 0.836. The van der Waals surface area contributed by atoms with Crippen molar-refractivity contribution in [1.29, 1.82) is 5.26 Å². The molecule has 4 heteroatoms. The molecule has 1 aromatic heterocycles. The zero-order chi connectivity index (χ0) is 14.4. The molecule has 20 heavy (non-hydrogen) atoms. The Kier molecular flexibility index (Phi) is 4.56. The highest BCUT2D eigenvalue weighted by molar-refractivity contribution is 5.45. The molecule has 1 heterocycles. The van der Waals surface area contributed by atoms with Crippen LogP contribution in [0.3, 0.4) is 0 Å². The Bertz CT molecular complexity index is 606. The summed E-state index contributed by atoms with van der Waals surface area (Å²) < 4.78 is 10.5. The van der Waals surface area contributed by atoms with E-state index in [2.05, 4.69) is 11.1 Å². The van der Waals surface area contributed by atoms with Gasteiger partial charge >= 0.3 is 0 Å². The van der Waals surface area contributed by atoms with E-state index in [1.807, 2.05) is 30.3 Å². The lowest BCUT2D eigenvalue weighted by Gasteiger charge is -2.14. The van der Waals surface area contributed by atoms with Crippen molar-refractivity contribution in [3.8, 4) is 17.6 Å². The standard InChI is InChI=1S/C16H16N2O2/c1-19-14-6-7-15(16(10-14)20-2)12(11-17)9-13-5-3-4-8-18-13/h3-8,10,12H,9H2,1-2H3. The molecule has 0 fully saturated rings. The summed E-state index contributed by atoms with van der Waals surface area (Å²) in [4.78, 5) is 4.26. The molecule has 0 aliphatic carbocycles. The number of ether oxygens (including phenoxy) is 2. The molecule has 1 aromatic carbocycles. The number of nitrogens with zero attached hydrogens (tertiary/aromatic N) is 2. The second-order valence-electron chi connectivity index (χ2n) is 4.31. The van der Waals surface area contributed by atoms with E-state index in [-0.39, 0.29) is 5.92 Å². The van der Waals surface area contributed by atoms with E-state index in [0.29, 0.717) is 17.9 Å². The number of pyridine rings is 1. The SMILES string of the molecule is COc1ccc(C(C#N)Cc2ccccn2)c(OC)c1. The summed E-state index contributed by atoms with van der Waals surface area (Å²) in [5.74, 6) is 1.07. The molecule has 0 spiro atoms. The summed E-state index contributed by atoms with van der Waals surface area (Å²) in [5.41, 5.74) is 1.73. The largest absolute Gasteiger partial charge is 0.497 e. The van der Waals surface area contributed by atoms with Crippen LogP contribution in [0.15, 0.2) is 42.6 Å². The Morgan fingerprint density at radius 3 is 2.65 bits per heavy atom. The van der Waals surface area contributed by atoms with Gasteiger partial charge < -0.3 is 9.47 Å². The Morgan fingerprint density at radius 2 is 2.05 bits per heavy atom. The van der Waals surface area contributed by atoms with Crippen LogP contribution in [0.5, 0.6) is 11.5 Å². The van der Waals surface area contributed by atoms with Crippen molar-refractivity contribution >= 4 is 0 Å². The van der Waals surface area contributed by atoms with Gasteiger partial charge in [0.2, 0.25) is 0 Å². The fraction of sp³-hybridized carbons (Fsp3) is 0.250. The molecule has 0 aliphatic heterocycles. The predicted octanol–water partition coefficient (Wildman–Crippen LogP) is 2.95. The van der Waals surface area contributed by atoms with Crippen molar-refractivity contribution in [3.63, 3.8) is 0 Å². The van der Waals surface area contributed by atoms with E-state index in [1.165, 1.54) is 0 Å². The van der Waals surface area contributed by atoms with E-state index in [1.54, 1.807) is 26.5 Å². The van der Waals surface area contributed by atoms with Gasteiger partial charge in [-0.15, -0.1) is 0 Å². The minimum atomic E-state index is -0.300. The number of benzene rings is 1. The van der Waals surface area contributed by atoms with Gasteiger partial charge in [-0.3, -0.25) is 4.98 Å². The van der Waals surface area contributed by atoms with Gasteiger partial charge in [-0.2, -0.15) is 5.26 Å². The lowest BCUT2D eigenvalue weighted by atomic mass is 9.94. The van der Waals surface area contributed by atoms with Gasteiger partial charge in [0.15, 0.2) is 0 Å². The van der Waals surface area contributed by atoms with Crippen molar-refractivity contribution in [2.45, 2.75) is 12.3 Å². The first-order valence-electron chi connectivity index (χ1n) is 6.30. The van der Waals surface area contributed by atoms with Crippen molar-refractivity contribution in [2.75, 3.05) is 14.2 Å². The molecule has 2 rings (SSSR count). The third-order valence-corrected chi connectivity index (χ3v) is 3.11. The van der Waals surface area contributed by atoms with E-state index in [0.717, 1.165) is 11.3 Å². The summed E-state index contributed by atoms with van der Waals surface area (Å²) in [6.45, 7) is 0. The zero-order valence-electron chi connectivity index (χ0n) is 11.5. The molecule has 4 nitrogen and oxygen atoms in total. The summed E-state index contributed by atoms with van der Waals surface area (Å²) in [5, 5.41) is 9.42. The van der Waals surface area contributed by atoms with Crippen molar-refractivity contribution in [2.24, 2.45) is 0 Å². The first-order chi connectivity index (χ1) is 9.78. The van der Waals surface area contributed by atoms with Gasteiger partial charge in [-0.1, -0.05) is 12.1 Å². The highest BCUT2D eigenvalue weighted by Crippen LogP contribution is 2.31. The highest BCUT2D eigenvalue weighted by atomic mass is 16.5. The Labute approximate surface area is 118 Å². The summed E-state index contributed by atoms with van der Waals surface area (Å²) >= 11 is 0. The van der Waals surface area contributed by atoms with Crippen molar-refractivity contribution < 1.29 is 9.47 Å². The van der Waals surface area contributed by atoms with Crippen LogP contribution in [0.25, 0.3) is 0 Å². The van der Waals surface area contributed by atoms with Crippen molar-refractivity contribution in [1.82, 2.24) is 4.98 Å². The first-order valence-corrected chi connectivity index (χ1v) is 6.30. The molecular weight excluding hydrogens is 252 g/mol. The normalized spacial score (nSPS) is 11.4. The maximum absolute atomic E-state index is 9.42. The van der Waals surface area contributed by atoms with Gasteiger partial charge in [0.1, 0.15) is 11.5 Å². The second-order valence-corrected chi connectivity index (χ2v) is 4.31. The molecule has 0 saturated carbocycles. The number of nitriles is 1. The summed E-state index contributed by atoms with van der Waals surface area (Å²) in [6.07, 6.45) is 2.29. The molecule has 1 unspecified atom stereocenters. The Hall–Kier alpha value is -2.54. The molecule has 0 radical (unpaired) electrons. The molecule has 0 saturated heterocycles. The Balaban J connectivity index is 2.30.